The van der Waals surface area contributed by atoms with Gasteiger partial charge in [-0.25, -0.2) is 0 Å². The van der Waals surface area contributed by atoms with Gasteiger partial charge in [-0.3, -0.25) is 4.79 Å². The van der Waals surface area contributed by atoms with E-state index in [1.165, 1.54) is 16.8 Å². The van der Waals surface area contributed by atoms with Crippen molar-refractivity contribution in [2.24, 2.45) is 10.6 Å². The zero-order valence-electron chi connectivity index (χ0n) is 14.6. The molecule has 0 radical (unpaired) electrons. The number of ketones is 1. The predicted octanol–water partition coefficient (Wildman–Crippen LogP) is 3.64. The van der Waals surface area contributed by atoms with Crippen molar-refractivity contribution < 1.29 is 9.63 Å². The SMILES string of the molecule is CON=C1C[C@H]2c3ccccc3CCN2C2=C1C(=O)CC(C)(C)C2. The average molecular weight is 324 g/mol. The summed E-state index contributed by atoms with van der Waals surface area (Å²) < 4.78 is 0. The van der Waals surface area contributed by atoms with Gasteiger partial charge in [-0.15, -0.1) is 0 Å². The number of rotatable bonds is 1. The van der Waals surface area contributed by atoms with Gasteiger partial charge in [-0.05, 0) is 29.4 Å². The molecule has 0 saturated carbocycles. The molecule has 24 heavy (non-hydrogen) atoms. The second-order valence-corrected chi connectivity index (χ2v) is 7.85. The Morgan fingerprint density at radius 1 is 1.25 bits per heavy atom. The second kappa shape index (κ2) is 5.47. The van der Waals surface area contributed by atoms with E-state index < -0.39 is 0 Å². The van der Waals surface area contributed by atoms with E-state index in [-0.39, 0.29) is 17.2 Å². The van der Waals surface area contributed by atoms with Crippen molar-refractivity contribution >= 4 is 11.5 Å². The number of nitrogens with zero attached hydrogens (tertiary/aromatic N) is 2. The van der Waals surface area contributed by atoms with Crippen LogP contribution in [0.15, 0.2) is 40.7 Å². The molecule has 0 aromatic heterocycles. The second-order valence-electron chi connectivity index (χ2n) is 7.85. The molecule has 1 aliphatic carbocycles. The molecule has 3 aliphatic rings. The lowest BCUT2D eigenvalue weighted by Crippen LogP contribution is -2.45. The number of fused-ring (bicyclic) bond motifs is 4. The molecule has 1 aromatic rings. The van der Waals surface area contributed by atoms with Crippen LogP contribution in [0.25, 0.3) is 0 Å². The fraction of sp³-hybridized carbons (Fsp3) is 0.500. The van der Waals surface area contributed by atoms with Gasteiger partial charge in [0.15, 0.2) is 5.78 Å². The molecule has 2 heterocycles. The van der Waals surface area contributed by atoms with Gasteiger partial charge in [0.25, 0.3) is 0 Å². The van der Waals surface area contributed by atoms with Gasteiger partial charge < -0.3 is 9.74 Å². The molecule has 0 amide bonds. The van der Waals surface area contributed by atoms with Gasteiger partial charge in [0.05, 0.1) is 17.3 Å². The summed E-state index contributed by atoms with van der Waals surface area (Å²) in [7, 11) is 1.56. The van der Waals surface area contributed by atoms with Crippen LogP contribution in [-0.4, -0.2) is 30.0 Å². The highest BCUT2D eigenvalue weighted by Gasteiger charge is 2.44. The summed E-state index contributed by atoms with van der Waals surface area (Å²) in [5.41, 5.74) is 5.62. The van der Waals surface area contributed by atoms with E-state index in [4.69, 9.17) is 4.84 Å². The summed E-state index contributed by atoms with van der Waals surface area (Å²) in [6.07, 6.45) is 3.30. The van der Waals surface area contributed by atoms with Crippen LogP contribution in [0, 0.1) is 5.41 Å². The summed E-state index contributed by atoms with van der Waals surface area (Å²) >= 11 is 0. The minimum absolute atomic E-state index is 0.00690. The Labute approximate surface area is 143 Å². The van der Waals surface area contributed by atoms with Crippen molar-refractivity contribution in [2.45, 2.75) is 45.6 Å². The number of hydrogen-bond donors (Lipinski definition) is 0. The summed E-state index contributed by atoms with van der Waals surface area (Å²) in [6.45, 7) is 5.34. The van der Waals surface area contributed by atoms with Crippen LogP contribution in [0.3, 0.4) is 0 Å². The van der Waals surface area contributed by atoms with Crippen LogP contribution < -0.4 is 0 Å². The van der Waals surface area contributed by atoms with Crippen molar-refractivity contribution in [1.29, 1.82) is 0 Å². The first-order valence-corrected chi connectivity index (χ1v) is 8.71. The highest BCUT2D eigenvalue weighted by Crippen LogP contribution is 2.47. The number of carbonyl (C=O) groups is 1. The third-order valence-electron chi connectivity index (χ3n) is 5.49. The Hall–Kier alpha value is -2.10. The minimum Gasteiger partial charge on any atom is -0.399 e. The summed E-state index contributed by atoms with van der Waals surface area (Å²) in [6, 6.07) is 8.93. The van der Waals surface area contributed by atoms with Crippen molar-refractivity contribution in [2.75, 3.05) is 13.7 Å². The van der Waals surface area contributed by atoms with E-state index >= 15 is 0 Å². The molecule has 0 saturated heterocycles. The Balaban J connectivity index is 1.86. The molecule has 0 spiro atoms. The number of benzene rings is 1. The summed E-state index contributed by atoms with van der Waals surface area (Å²) in [4.78, 5) is 20.4. The van der Waals surface area contributed by atoms with Crippen LogP contribution in [0.2, 0.25) is 0 Å². The average Bonchev–Trinajstić information content (AvgIpc) is 2.53. The van der Waals surface area contributed by atoms with Gasteiger partial charge in [0, 0.05) is 25.1 Å². The smallest absolute Gasteiger partial charge is 0.167 e. The topological polar surface area (TPSA) is 41.9 Å². The maximum atomic E-state index is 12.8. The normalized spacial score (nSPS) is 26.8. The summed E-state index contributed by atoms with van der Waals surface area (Å²) in [5, 5.41) is 4.24. The first kappa shape index (κ1) is 15.4. The molecule has 1 atom stereocenters. The molecule has 2 aliphatic heterocycles. The van der Waals surface area contributed by atoms with E-state index in [0.717, 1.165) is 37.1 Å². The number of allylic oxidation sites excluding steroid dienone is 2. The predicted molar refractivity (Wildman–Crippen MR) is 93.7 cm³/mol. The van der Waals surface area contributed by atoms with Crippen molar-refractivity contribution in [3.63, 3.8) is 0 Å². The Morgan fingerprint density at radius 2 is 2.04 bits per heavy atom. The fourth-order valence-electron chi connectivity index (χ4n) is 4.53. The molecule has 4 nitrogen and oxygen atoms in total. The quantitative estimate of drug-likeness (QED) is 0.741. The van der Waals surface area contributed by atoms with E-state index in [2.05, 4.69) is 48.2 Å². The minimum atomic E-state index is 0.00690. The number of Topliss-reactive ketones (excluding diaryl/α,β-unsaturated/α-hetero) is 1. The lowest BCUT2D eigenvalue weighted by molar-refractivity contribution is -0.118. The van der Waals surface area contributed by atoms with Gasteiger partial charge in [0.2, 0.25) is 0 Å². The van der Waals surface area contributed by atoms with E-state index in [1.807, 2.05) is 0 Å². The van der Waals surface area contributed by atoms with Crippen LogP contribution >= 0.6 is 0 Å². The van der Waals surface area contributed by atoms with Gasteiger partial charge in [0.1, 0.15) is 7.11 Å². The van der Waals surface area contributed by atoms with Crippen molar-refractivity contribution in [3.05, 3.63) is 46.7 Å². The van der Waals surface area contributed by atoms with E-state index in [1.54, 1.807) is 7.11 Å². The van der Waals surface area contributed by atoms with Crippen LogP contribution in [0.4, 0.5) is 0 Å². The van der Waals surface area contributed by atoms with Gasteiger partial charge in [-0.1, -0.05) is 43.3 Å². The van der Waals surface area contributed by atoms with E-state index in [0.29, 0.717) is 6.42 Å². The van der Waals surface area contributed by atoms with Crippen LogP contribution in [-0.2, 0) is 16.1 Å². The van der Waals surface area contributed by atoms with Crippen LogP contribution in [0.5, 0.6) is 0 Å². The molecule has 0 unspecified atom stereocenters. The Bertz CT molecular complexity index is 761. The number of hydrogen-bond acceptors (Lipinski definition) is 4. The largest absolute Gasteiger partial charge is 0.399 e. The first-order chi connectivity index (χ1) is 11.5. The lowest BCUT2D eigenvalue weighted by Gasteiger charge is -2.48. The number of oxime groups is 1. The maximum Gasteiger partial charge on any atom is 0.167 e. The Morgan fingerprint density at radius 3 is 2.83 bits per heavy atom. The third kappa shape index (κ3) is 2.36. The monoisotopic (exact) mass is 324 g/mol. The molecular formula is C20H24N2O2. The molecule has 0 N–H and O–H groups in total. The van der Waals surface area contributed by atoms with E-state index in [9.17, 15) is 4.79 Å². The van der Waals surface area contributed by atoms with Gasteiger partial charge >= 0.3 is 0 Å². The Kier molecular flexibility index (Phi) is 3.52. The fourth-order valence-corrected chi connectivity index (χ4v) is 4.53. The number of carbonyl (C=O) groups excluding carboxylic acids is 1. The lowest BCUT2D eigenvalue weighted by atomic mass is 9.71. The molecular weight excluding hydrogens is 300 g/mol. The highest BCUT2D eigenvalue weighted by atomic mass is 16.6. The zero-order chi connectivity index (χ0) is 16.9. The molecule has 4 rings (SSSR count). The standard InChI is InChI=1S/C20H24N2O2/c1-20(2)11-17-19(18(23)12-20)15(21-24-3)10-16-14-7-5-4-6-13(14)8-9-22(16)17/h4-7,16H,8-12H2,1-3H3/t16-/m0/s1. The summed E-state index contributed by atoms with van der Waals surface area (Å²) in [5.74, 6) is 0.217. The molecule has 1 aromatic carbocycles. The van der Waals surface area contributed by atoms with Crippen molar-refractivity contribution in [3.8, 4) is 0 Å². The van der Waals surface area contributed by atoms with Gasteiger partial charge in [-0.2, -0.15) is 0 Å². The molecule has 126 valence electrons. The first-order valence-electron chi connectivity index (χ1n) is 8.71. The third-order valence-corrected chi connectivity index (χ3v) is 5.49. The zero-order valence-corrected chi connectivity index (χ0v) is 14.6. The highest BCUT2D eigenvalue weighted by molar-refractivity contribution is 6.24. The maximum absolute atomic E-state index is 12.8. The van der Waals surface area contributed by atoms with Crippen molar-refractivity contribution in [1.82, 2.24) is 4.90 Å². The molecule has 0 fully saturated rings. The molecule has 0 bridgehead atoms. The molecule has 4 heteroatoms. The van der Waals surface area contributed by atoms with Crippen LogP contribution in [0.1, 0.15) is 50.3 Å².